The van der Waals surface area contributed by atoms with Crippen molar-refractivity contribution in [1.29, 1.82) is 0 Å². The Balaban J connectivity index is 4.97. The maximum absolute atomic E-state index is 12.3. The van der Waals surface area contributed by atoms with Crippen molar-refractivity contribution in [3.63, 3.8) is 0 Å². The summed E-state index contributed by atoms with van der Waals surface area (Å²) in [7, 11) is 0. The molecule has 0 radical (unpaired) electrons. The van der Waals surface area contributed by atoms with E-state index in [2.05, 4.69) is 28.6 Å². The van der Waals surface area contributed by atoms with Gasteiger partial charge in [0.15, 0.2) is 0 Å². The predicted molar refractivity (Wildman–Crippen MR) is 102 cm³/mol. The lowest BCUT2D eigenvalue weighted by Crippen LogP contribution is -2.57. The van der Waals surface area contributed by atoms with Crippen LogP contribution in [0, 0.1) is 0 Å². The molecule has 11 nitrogen and oxygen atoms in total. The number of thioether (sulfide) groups is 1. The molecule has 0 saturated carbocycles. The number of amides is 3. The van der Waals surface area contributed by atoms with Gasteiger partial charge in [0.1, 0.15) is 18.6 Å². The molecule has 0 aromatic carbocycles. The summed E-state index contributed by atoms with van der Waals surface area (Å²) in [6.07, 6.45) is 1.45. The molecular formula is C14H24N4O7S2. The third-order valence-corrected chi connectivity index (χ3v) is 4.22. The number of nitrogens with one attached hydrogen (secondary N) is 3. The van der Waals surface area contributed by atoms with Gasteiger partial charge in [-0.3, -0.25) is 24.0 Å². The third kappa shape index (κ3) is 10.7. The maximum Gasteiger partial charge on any atom is 0.322 e. The zero-order valence-corrected chi connectivity index (χ0v) is 16.3. The minimum atomic E-state index is -1.45. The van der Waals surface area contributed by atoms with Crippen molar-refractivity contribution in [3.05, 3.63) is 0 Å². The van der Waals surface area contributed by atoms with Gasteiger partial charge in [0, 0.05) is 5.75 Å². The standard InChI is InChI=1S/C14H24N4O7S2/c1-27-3-2-7(15)12(23)17-8(4-10(19)20)14(25)18-9(6-26)13(24)16-5-11(21)22/h7-9,26H,2-6,15H2,1H3,(H,16,24)(H,17,23)(H,18,25)(H,19,20)(H,21,22). The Morgan fingerprint density at radius 1 is 1.00 bits per heavy atom. The molecule has 0 fully saturated rings. The van der Waals surface area contributed by atoms with E-state index in [-0.39, 0.29) is 5.75 Å². The highest BCUT2D eigenvalue weighted by molar-refractivity contribution is 7.98. The zero-order valence-electron chi connectivity index (χ0n) is 14.6. The van der Waals surface area contributed by atoms with Gasteiger partial charge in [-0.2, -0.15) is 24.4 Å². The van der Waals surface area contributed by atoms with Crippen molar-refractivity contribution >= 4 is 54.1 Å². The summed E-state index contributed by atoms with van der Waals surface area (Å²) in [5, 5.41) is 24.1. The minimum Gasteiger partial charge on any atom is -0.481 e. The molecule has 0 aromatic rings. The van der Waals surface area contributed by atoms with Gasteiger partial charge in [-0.25, -0.2) is 0 Å². The number of carboxylic acids is 2. The van der Waals surface area contributed by atoms with Crippen molar-refractivity contribution in [2.75, 3.05) is 24.3 Å². The fourth-order valence-corrected chi connectivity index (χ4v) is 2.54. The van der Waals surface area contributed by atoms with E-state index >= 15 is 0 Å². The molecule has 0 aromatic heterocycles. The molecule has 7 N–H and O–H groups in total. The molecule has 154 valence electrons. The predicted octanol–water partition coefficient (Wildman–Crippen LogP) is -2.36. The van der Waals surface area contributed by atoms with Crippen molar-refractivity contribution < 1.29 is 34.2 Å². The maximum atomic E-state index is 12.3. The van der Waals surface area contributed by atoms with E-state index in [0.717, 1.165) is 0 Å². The molecule has 0 aliphatic heterocycles. The molecule has 0 bridgehead atoms. The van der Waals surface area contributed by atoms with Crippen LogP contribution in [-0.4, -0.2) is 82.3 Å². The number of aliphatic carboxylic acids is 2. The fourth-order valence-electron chi connectivity index (χ4n) is 1.79. The van der Waals surface area contributed by atoms with E-state index < -0.39 is 60.8 Å². The van der Waals surface area contributed by atoms with Crippen LogP contribution in [0.25, 0.3) is 0 Å². The van der Waals surface area contributed by atoms with Crippen molar-refractivity contribution in [3.8, 4) is 0 Å². The van der Waals surface area contributed by atoms with Crippen LogP contribution in [0.15, 0.2) is 0 Å². The number of thiol groups is 1. The van der Waals surface area contributed by atoms with E-state index in [1.807, 2.05) is 6.26 Å². The number of hydrogen-bond donors (Lipinski definition) is 7. The number of carboxylic acid groups (broad SMARTS) is 2. The molecule has 0 aliphatic rings. The van der Waals surface area contributed by atoms with E-state index in [1.54, 1.807) is 0 Å². The molecule has 0 spiro atoms. The summed E-state index contributed by atoms with van der Waals surface area (Å²) in [6, 6.07) is -3.58. The lowest BCUT2D eigenvalue weighted by molar-refractivity contribution is -0.141. The first-order valence-corrected chi connectivity index (χ1v) is 9.82. The summed E-state index contributed by atoms with van der Waals surface area (Å²) < 4.78 is 0. The summed E-state index contributed by atoms with van der Waals surface area (Å²) in [6.45, 7) is -0.654. The van der Waals surface area contributed by atoms with Crippen LogP contribution < -0.4 is 21.7 Å². The summed E-state index contributed by atoms with van der Waals surface area (Å²) >= 11 is 5.38. The molecular weight excluding hydrogens is 400 g/mol. The average Bonchev–Trinajstić information content (AvgIpc) is 2.60. The first-order valence-electron chi connectivity index (χ1n) is 7.79. The summed E-state index contributed by atoms with van der Waals surface area (Å²) in [5.74, 6) is -4.60. The molecule has 0 saturated heterocycles. The van der Waals surface area contributed by atoms with E-state index in [4.69, 9.17) is 15.9 Å². The minimum absolute atomic E-state index is 0.168. The summed E-state index contributed by atoms with van der Waals surface area (Å²) in [5.41, 5.74) is 5.69. The monoisotopic (exact) mass is 424 g/mol. The van der Waals surface area contributed by atoms with Gasteiger partial charge in [-0.15, -0.1) is 0 Å². The highest BCUT2D eigenvalue weighted by atomic mass is 32.2. The first-order chi connectivity index (χ1) is 12.6. The molecule has 3 atom stereocenters. The van der Waals surface area contributed by atoms with Crippen LogP contribution in [0.3, 0.4) is 0 Å². The van der Waals surface area contributed by atoms with E-state index in [0.29, 0.717) is 12.2 Å². The SMILES string of the molecule is CSCCC(N)C(=O)NC(CC(=O)O)C(=O)NC(CS)C(=O)NCC(=O)O. The second kappa shape index (κ2) is 13.2. The number of hydrogen-bond acceptors (Lipinski definition) is 8. The zero-order chi connectivity index (χ0) is 21.0. The molecule has 0 heterocycles. The first kappa shape index (κ1) is 25.0. The molecule has 27 heavy (non-hydrogen) atoms. The van der Waals surface area contributed by atoms with Crippen molar-refractivity contribution in [2.24, 2.45) is 5.73 Å². The fraction of sp³-hybridized carbons (Fsp3) is 0.643. The Morgan fingerprint density at radius 3 is 2.07 bits per heavy atom. The van der Waals surface area contributed by atoms with Gasteiger partial charge in [-0.05, 0) is 18.4 Å². The van der Waals surface area contributed by atoms with Gasteiger partial charge in [0.25, 0.3) is 0 Å². The Hall–Kier alpha value is -1.99. The number of nitrogens with two attached hydrogens (primary N) is 1. The van der Waals surface area contributed by atoms with Crippen LogP contribution in [0.4, 0.5) is 0 Å². The smallest absolute Gasteiger partial charge is 0.322 e. The van der Waals surface area contributed by atoms with Crippen molar-refractivity contribution in [1.82, 2.24) is 16.0 Å². The average molecular weight is 425 g/mol. The highest BCUT2D eigenvalue weighted by Gasteiger charge is 2.29. The van der Waals surface area contributed by atoms with E-state index in [9.17, 15) is 24.0 Å². The Morgan fingerprint density at radius 2 is 1.59 bits per heavy atom. The molecule has 0 aliphatic carbocycles. The van der Waals surface area contributed by atoms with Gasteiger partial charge < -0.3 is 31.9 Å². The second-order valence-electron chi connectivity index (χ2n) is 5.40. The van der Waals surface area contributed by atoms with Crippen molar-refractivity contribution in [2.45, 2.75) is 31.0 Å². The number of carbonyl (C=O) groups excluding carboxylic acids is 3. The van der Waals surface area contributed by atoms with Crippen LogP contribution in [-0.2, 0) is 24.0 Å². The van der Waals surface area contributed by atoms with Gasteiger partial charge >= 0.3 is 11.9 Å². The Labute approximate surface area is 165 Å². The van der Waals surface area contributed by atoms with Gasteiger partial charge in [0.2, 0.25) is 17.7 Å². The lowest BCUT2D eigenvalue weighted by Gasteiger charge is -2.22. The van der Waals surface area contributed by atoms with Crippen LogP contribution >= 0.6 is 24.4 Å². The number of rotatable bonds is 13. The Bertz CT molecular complexity index is 562. The quantitative estimate of drug-likeness (QED) is 0.159. The van der Waals surface area contributed by atoms with Crippen LogP contribution in [0.1, 0.15) is 12.8 Å². The highest BCUT2D eigenvalue weighted by Crippen LogP contribution is 2.01. The topological polar surface area (TPSA) is 188 Å². The second-order valence-corrected chi connectivity index (χ2v) is 6.75. The van der Waals surface area contributed by atoms with Gasteiger partial charge in [-0.1, -0.05) is 0 Å². The molecule has 3 amide bonds. The largest absolute Gasteiger partial charge is 0.481 e. The van der Waals surface area contributed by atoms with Crippen LogP contribution in [0.5, 0.6) is 0 Å². The van der Waals surface area contributed by atoms with E-state index in [1.165, 1.54) is 11.8 Å². The molecule has 13 heteroatoms. The van der Waals surface area contributed by atoms with Gasteiger partial charge in [0.05, 0.1) is 12.5 Å². The number of carbonyl (C=O) groups is 5. The molecule has 3 unspecified atom stereocenters. The molecule has 0 rings (SSSR count). The Kier molecular flexibility index (Phi) is 12.2. The lowest BCUT2D eigenvalue weighted by atomic mass is 10.1. The van der Waals surface area contributed by atoms with Crippen LogP contribution in [0.2, 0.25) is 0 Å². The summed E-state index contributed by atoms with van der Waals surface area (Å²) in [4.78, 5) is 57.6. The normalized spacial score (nSPS) is 13.7. The third-order valence-electron chi connectivity index (χ3n) is 3.21.